The second kappa shape index (κ2) is 3.58. The zero-order valence-electron chi connectivity index (χ0n) is 9.97. The van der Waals surface area contributed by atoms with Crippen LogP contribution < -0.4 is 5.73 Å². The van der Waals surface area contributed by atoms with Crippen molar-refractivity contribution in [2.24, 2.45) is 5.92 Å². The molecule has 0 bridgehead atoms. The van der Waals surface area contributed by atoms with Gasteiger partial charge in [-0.05, 0) is 30.9 Å². The van der Waals surface area contributed by atoms with Crippen molar-refractivity contribution in [1.82, 2.24) is 10.1 Å². The number of benzene rings is 1. The Morgan fingerprint density at radius 1 is 1.41 bits per heavy atom. The molecule has 17 heavy (non-hydrogen) atoms. The van der Waals surface area contributed by atoms with E-state index >= 15 is 0 Å². The van der Waals surface area contributed by atoms with Gasteiger partial charge in [-0.2, -0.15) is 4.98 Å². The minimum atomic E-state index is 0.470. The number of aryl methyl sites for hydroxylation is 1. The molecule has 2 unspecified atom stereocenters. The minimum Gasteiger partial charge on any atom is -0.398 e. The Morgan fingerprint density at radius 3 is 2.82 bits per heavy atom. The van der Waals surface area contributed by atoms with Gasteiger partial charge in [-0.25, -0.2) is 0 Å². The molecule has 4 heteroatoms. The summed E-state index contributed by atoms with van der Waals surface area (Å²) in [6.07, 6.45) is 1.15. The maximum atomic E-state index is 5.95. The monoisotopic (exact) mass is 229 g/mol. The van der Waals surface area contributed by atoms with Crippen LogP contribution in [0.5, 0.6) is 0 Å². The second-order valence-electron chi connectivity index (χ2n) is 4.82. The van der Waals surface area contributed by atoms with Gasteiger partial charge < -0.3 is 10.3 Å². The molecule has 2 aromatic rings. The lowest BCUT2D eigenvalue weighted by Crippen LogP contribution is -1.93. The molecule has 2 atom stereocenters. The number of hydrogen-bond donors (Lipinski definition) is 1. The molecule has 0 spiro atoms. The number of anilines is 1. The standard InChI is InChI=1S/C13H15N3O/c1-7-4-3-5-10(14)11(7)13-15-12(16-17-13)9-6-8(9)2/h3-5,8-9H,6,14H2,1-2H3. The molecule has 3 rings (SSSR count). The van der Waals surface area contributed by atoms with E-state index in [-0.39, 0.29) is 0 Å². The summed E-state index contributed by atoms with van der Waals surface area (Å²) < 4.78 is 5.32. The predicted molar refractivity (Wildman–Crippen MR) is 65.4 cm³/mol. The molecule has 4 nitrogen and oxygen atoms in total. The molecule has 1 aromatic carbocycles. The molecule has 0 aliphatic heterocycles. The summed E-state index contributed by atoms with van der Waals surface area (Å²) in [6, 6.07) is 5.77. The second-order valence-corrected chi connectivity index (χ2v) is 4.82. The van der Waals surface area contributed by atoms with Crippen LogP contribution in [0.25, 0.3) is 11.5 Å². The molecule has 1 aliphatic carbocycles. The maximum Gasteiger partial charge on any atom is 0.260 e. The molecule has 1 aromatic heterocycles. The number of rotatable bonds is 2. The van der Waals surface area contributed by atoms with Crippen molar-refractivity contribution >= 4 is 5.69 Å². The Hall–Kier alpha value is -1.84. The van der Waals surface area contributed by atoms with Crippen molar-refractivity contribution < 1.29 is 4.52 Å². The highest BCUT2D eigenvalue weighted by Gasteiger charge is 2.38. The van der Waals surface area contributed by atoms with E-state index in [1.807, 2.05) is 25.1 Å². The van der Waals surface area contributed by atoms with Gasteiger partial charge in [0.05, 0.1) is 5.56 Å². The fraction of sp³-hybridized carbons (Fsp3) is 0.385. The average molecular weight is 229 g/mol. The van der Waals surface area contributed by atoms with E-state index in [0.717, 1.165) is 23.4 Å². The molecule has 1 heterocycles. The van der Waals surface area contributed by atoms with Crippen LogP contribution in [-0.4, -0.2) is 10.1 Å². The molecule has 0 radical (unpaired) electrons. The van der Waals surface area contributed by atoms with Crippen molar-refractivity contribution in [3.05, 3.63) is 29.6 Å². The summed E-state index contributed by atoms with van der Waals surface area (Å²) in [5.41, 5.74) is 8.56. The lowest BCUT2D eigenvalue weighted by molar-refractivity contribution is 0.422. The first-order valence-corrected chi connectivity index (χ1v) is 5.86. The van der Waals surface area contributed by atoms with Gasteiger partial charge in [0, 0.05) is 11.6 Å². The average Bonchev–Trinajstić information content (AvgIpc) is 2.83. The third-order valence-electron chi connectivity index (χ3n) is 3.40. The number of nitrogens with zero attached hydrogens (tertiary/aromatic N) is 2. The van der Waals surface area contributed by atoms with Crippen LogP contribution in [0.2, 0.25) is 0 Å². The molecule has 0 saturated heterocycles. The third-order valence-corrected chi connectivity index (χ3v) is 3.40. The summed E-state index contributed by atoms with van der Waals surface area (Å²) in [7, 11) is 0. The SMILES string of the molecule is Cc1cccc(N)c1-c1nc(C2CC2C)no1. The highest BCUT2D eigenvalue weighted by atomic mass is 16.5. The normalized spacial score (nSPS) is 22.7. The number of hydrogen-bond acceptors (Lipinski definition) is 4. The van der Waals surface area contributed by atoms with Crippen LogP contribution in [0.4, 0.5) is 5.69 Å². The first-order chi connectivity index (χ1) is 8.16. The van der Waals surface area contributed by atoms with E-state index in [0.29, 0.717) is 23.4 Å². The van der Waals surface area contributed by atoms with E-state index in [1.165, 1.54) is 0 Å². The zero-order valence-corrected chi connectivity index (χ0v) is 9.97. The van der Waals surface area contributed by atoms with Gasteiger partial charge in [-0.15, -0.1) is 0 Å². The fourth-order valence-electron chi connectivity index (χ4n) is 2.15. The summed E-state index contributed by atoms with van der Waals surface area (Å²) >= 11 is 0. The highest BCUT2D eigenvalue weighted by Crippen LogP contribution is 2.46. The van der Waals surface area contributed by atoms with Crippen LogP contribution >= 0.6 is 0 Å². The topological polar surface area (TPSA) is 64.9 Å². The molecular formula is C13H15N3O. The molecule has 2 N–H and O–H groups in total. The summed E-state index contributed by atoms with van der Waals surface area (Å²) in [4.78, 5) is 4.46. The van der Waals surface area contributed by atoms with Gasteiger partial charge in [0.1, 0.15) is 0 Å². The minimum absolute atomic E-state index is 0.470. The van der Waals surface area contributed by atoms with Crippen molar-refractivity contribution in [3.63, 3.8) is 0 Å². The van der Waals surface area contributed by atoms with E-state index in [1.54, 1.807) is 0 Å². The van der Waals surface area contributed by atoms with Crippen LogP contribution in [-0.2, 0) is 0 Å². The van der Waals surface area contributed by atoms with Gasteiger partial charge in [0.25, 0.3) is 5.89 Å². The van der Waals surface area contributed by atoms with E-state index in [9.17, 15) is 0 Å². The first-order valence-electron chi connectivity index (χ1n) is 5.86. The van der Waals surface area contributed by atoms with Gasteiger partial charge >= 0.3 is 0 Å². The van der Waals surface area contributed by atoms with Gasteiger partial charge in [0.2, 0.25) is 0 Å². The van der Waals surface area contributed by atoms with Gasteiger partial charge in [-0.1, -0.05) is 24.2 Å². The Labute approximate surface area is 99.8 Å². The third kappa shape index (κ3) is 1.69. The van der Waals surface area contributed by atoms with Crippen molar-refractivity contribution in [2.75, 3.05) is 5.73 Å². The van der Waals surface area contributed by atoms with Crippen LogP contribution in [0.1, 0.15) is 30.7 Å². The quantitative estimate of drug-likeness (QED) is 0.804. The van der Waals surface area contributed by atoms with Crippen molar-refractivity contribution in [2.45, 2.75) is 26.2 Å². The predicted octanol–water partition coefficient (Wildman–Crippen LogP) is 2.75. The van der Waals surface area contributed by atoms with Crippen molar-refractivity contribution in [1.29, 1.82) is 0 Å². The van der Waals surface area contributed by atoms with E-state index in [2.05, 4.69) is 17.1 Å². The summed E-state index contributed by atoms with van der Waals surface area (Å²) in [6.45, 7) is 4.19. The van der Waals surface area contributed by atoms with E-state index < -0.39 is 0 Å². The smallest absolute Gasteiger partial charge is 0.260 e. The lowest BCUT2D eigenvalue weighted by Gasteiger charge is -2.03. The molecule has 1 aliphatic rings. The fourth-order valence-corrected chi connectivity index (χ4v) is 2.15. The summed E-state index contributed by atoms with van der Waals surface area (Å²) in [5.74, 6) is 2.50. The van der Waals surface area contributed by atoms with Gasteiger partial charge in [-0.3, -0.25) is 0 Å². The number of nitrogens with two attached hydrogens (primary N) is 1. The molecule has 1 fully saturated rings. The van der Waals surface area contributed by atoms with Crippen LogP contribution in [0.3, 0.4) is 0 Å². The van der Waals surface area contributed by atoms with Crippen LogP contribution in [0, 0.1) is 12.8 Å². The number of aromatic nitrogens is 2. The zero-order chi connectivity index (χ0) is 12.0. The lowest BCUT2D eigenvalue weighted by atomic mass is 10.1. The molecule has 88 valence electrons. The van der Waals surface area contributed by atoms with Crippen molar-refractivity contribution in [3.8, 4) is 11.5 Å². The Bertz CT molecular complexity index is 541. The Balaban J connectivity index is 2.01. The summed E-state index contributed by atoms with van der Waals surface area (Å²) in [5, 5.41) is 4.05. The highest BCUT2D eigenvalue weighted by molar-refractivity contribution is 5.73. The van der Waals surface area contributed by atoms with E-state index in [4.69, 9.17) is 10.3 Å². The first kappa shape index (κ1) is 10.3. The molecule has 1 saturated carbocycles. The Morgan fingerprint density at radius 2 is 2.18 bits per heavy atom. The van der Waals surface area contributed by atoms with Gasteiger partial charge in [0.15, 0.2) is 5.82 Å². The molecular weight excluding hydrogens is 214 g/mol. The Kier molecular flexibility index (Phi) is 2.18. The number of nitrogen functional groups attached to an aromatic ring is 1. The molecule has 0 amide bonds. The maximum absolute atomic E-state index is 5.95. The largest absolute Gasteiger partial charge is 0.398 e. The van der Waals surface area contributed by atoms with Crippen LogP contribution in [0.15, 0.2) is 22.7 Å².